The Bertz CT molecular complexity index is 542. The van der Waals surface area contributed by atoms with Gasteiger partial charge in [0, 0.05) is 31.4 Å². The Balaban J connectivity index is 1.38. The zero-order valence-electron chi connectivity index (χ0n) is 14.3. The Labute approximate surface area is 143 Å². The molecule has 0 spiro atoms. The van der Waals surface area contributed by atoms with Crippen LogP contribution < -0.4 is 15.5 Å². The number of hydrogen-bond acceptors (Lipinski definition) is 3. The third-order valence-corrected chi connectivity index (χ3v) is 5.08. The van der Waals surface area contributed by atoms with Crippen molar-refractivity contribution in [3.05, 3.63) is 30.1 Å². The molecule has 1 atom stereocenters. The number of rotatable bonds is 4. The van der Waals surface area contributed by atoms with Crippen molar-refractivity contribution >= 4 is 11.7 Å². The average Bonchev–Trinajstić information content (AvgIpc) is 3.05. The van der Waals surface area contributed by atoms with Crippen molar-refractivity contribution in [3.63, 3.8) is 0 Å². The van der Waals surface area contributed by atoms with Gasteiger partial charge in [0.25, 0.3) is 0 Å². The van der Waals surface area contributed by atoms with Crippen LogP contribution in [-0.2, 0) is 0 Å². The molecule has 0 aliphatic carbocycles. The monoisotopic (exact) mass is 334 g/mol. The molecule has 0 radical (unpaired) electrons. The quantitative estimate of drug-likeness (QED) is 0.886. The van der Waals surface area contributed by atoms with Crippen molar-refractivity contribution in [2.24, 2.45) is 5.92 Å². The molecule has 2 amide bonds. The Kier molecular flexibility index (Phi) is 5.56. The van der Waals surface area contributed by atoms with E-state index < -0.39 is 0 Å². The summed E-state index contributed by atoms with van der Waals surface area (Å²) < 4.78 is 13.0. The van der Waals surface area contributed by atoms with Gasteiger partial charge in [-0.05, 0) is 69.6 Å². The van der Waals surface area contributed by atoms with Crippen LogP contribution in [0.25, 0.3) is 0 Å². The summed E-state index contributed by atoms with van der Waals surface area (Å²) in [7, 11) is 2.11. The summed E-state index contributed by atoms with van der Waals surface area (Å²) in [6.07, 6.45) is 3.09. The Morgan fingerprint density at radius 1 is 1.17 bits per heavy atom. The van der Waals surface area contributed by atoms with E-state index in [0.29, 0.717) is 18.5 Å². The van der Waals surface area contributed by atoms with Gasteiger partial charge < -0.3 is 20.4 Å². The molecule has 0 bridgehead atoms. The van der Waals surface area contributed by atoms with E-state index >= 15 is 0 Å². The van der Waals surface area contributed by atoms with Crippen molar-refractivity contribution in [3.8, 4) is 0 Å². The summed E-state index contributed by atoms with van der Waals surface area (Å²) in [6, 6.07) is 6.87. The minimum absolute atomic E-state index is 0.0511. The van der Waals surface area contributed by atoms with Crippen LogP contribution in [-0.4, -0.2) is 56.7 Å². The van der Waals surface area contributed by atoms with Gasteiger partial charge in [-0.15, -0.1) is 0 Å². The molecule has 0 unspecified atom stereocenters. The SMILES string of the molecule is CN1CCC(NC(=O)NC[C@@H]2CCN(c3ccc(F)cc3)C2)CC1. The minimum Gasteiger partial charge on any atom is -0.371 e. The number of nitrogens with one attached hydrogen (secondary N) is 2. The number of piperidine rings is 1. The molecule has 24 heavy (non-hydrogen) atoms. The van der Waals surface area contributed by atoms with Crippen LogP contribution in [0.4, 0.5) is 14.9 Å². The number of urea groups is 1. The van der Waals surface area contributed by atoms with Gasteiger partial charge in [0.05, 0.1) is 0 Å². The highest BCUT2D eigenvalue weighted by Gasteiger charge is 2.24. The van der Waals surface area contributed by atoms with Crippen LogP contribution in [0, 0.1) is 11.7 Å². The molecule has 2 aliphatic rings. The molecule has 2 heterocycles. The van der Waals surface area contributed by atoms with E-state index in [1.807, 2.05) is 12.1 Å². The van der Waals surface area contributed by atoms with Gasteiger partial charge in [0.15, 0.2) is 0 Å². The van der Waals surface area contributed by atoms with E-state index in [4.69, 9.17) is 0 Å². The highest BCUT2D eigenvalue weighted by atomic mass is 19.1. The predicted molar refractivity (Wildman–Crippen MR) is 93.8 cm³/mol. The summed E-state index contributed by atoms with van der Waals surface area (Å²) >= 11 is 0. The smallest absolute Gasteiger partial charge is 0.315 e. The van der Waals surface area contributed by atoms with Gasteiger partial charge in [-0.25, -0.2) is 9.18 Å². The van der Waals surface area contributed by atoms with Gasteiger partial charge in [-0.3, -0.25) is 0 Å². The molecular formula is C18H27FN4O. The highest BCUT2D eigenvalue weighted by Crippen LogP contribution is 2.23. The molecule has 3 rings (SSSR count). The molecule has 0 aromatic heterocycles. The second-order valence-electron chi connectivity index (χ2n) is 7.01. The normalized spacial score (nSPS) is 22.6. The first-order chi connectivity index (χ1) is 11.6. The van der Waals surface area contributed by atoms with Gasteiger partial charge in [-0.2, -0.15) is 0 Å². The zero-order chi connectivity index (χ0) is 16.9. The van der Waals surface area contributed by atoms with Crippen molar-refractivity contribution in [2.45, 2.75) is 25.3 Å². The first-order valence-corrected chi connectivity index (χ1v) is 8.83. The van der Waals surface area contributed by atoms with Gasteiger partial charge in [-0.1, -0.05) is 0 Å². The van der Waals surface area contributed by atoms with Gasteiger partial charge in [0.2, 0.25) is 0 Å². The van der Waals surface area contributed by atoms with Crippen molar-refractivity contribution in [2.75, 3.05) is 44.7 Å². The number of amides is 2. The van der Waals surface area contributed by atoms with Crippen LogP contribution in [0.5, 0.6) is 0 Å². The lowest BCUT2D eigenvalue weighted by atomic mass is 10.1. The Morgan fingerprint density at radius 2 is 1.88 bits per heavy atom. The van der Waals surface area contributed by atoms with Crippen LogP contribution >= 0.6 is 0 Å². The maximum absolute atomic E-state index is 13.0. The number of benzene rings is 1. The minimum atomic E-state index is -0.207. The number of halogens is 1. The standard InChI is InChI=1S/C18H27FN4O/c1-22-9-7-16(8-10-22)21-18(24)20-12-14-6-11-23(13-14)17-4-2-15(19)3-5-17/h2-5,14,16H,6-13H2,1H3,(H2,20,21,24)/t14-/m0/s1. The highest BCUT2D eigenvalue weighted by molar-refractivity contribution is 5.74. The third kappa shape index (κ3) is 4.60. The van der Waals surface area contributed by atoms with E-state index in [2.05, 4.69) is 27.5 Å². The summed E-state index contributed by atoms with van der Waals surface area (Å²) in [4.78, 5) is 16.6. The van der Waals surface area contributed by atoms with Crippen LogP contribution in [0.1, 0.15) is 19.3 Å². The average molecular weight is 334 g/mol. The molecule has 132 valence electrons. The van der Waals surface area contributed by atoms with E-state index in [9.17, 15) is 9.18 Å². The second kappa shape index (κ2) is 7.83. The summed E-state index contributed by atoms with van der Waals surface area (Å²) in [6.45, 7) is 4.63. The Hall–Kier alpha value is -1.82. The number of hydrogen-bond donors (Lipinski definition) is 2. The maximum Gasteiger partial charge on any atom is 0.315 e. The first kappa shape index (κ1) is 17.0. The van der Waals surface area contributed by atoms with E-state index in [-0.39, 0.29) is 11.8 Å². The summed E-state index contributed by atoms with van der Waals surface area (Å²) in [5.41, 5.74) is 1.05. The van der Waals surface area contributed by atoms with E-state index in [1.165, 1.54) is 12.1 Å². The molecule has 1 aromatic carbocycles. The molecular weight excluding hydrogens is 307 g/mol. The van der Waals surface area contributed by atoms with Crippen molar-refractivity contribution < 1.29 is 9.18 Å². The predicted octanol–water partition coefficient (Wildman–Crippen LogP) is 2.05. The number of carbonyl (C=O) groups is 1. The molecule has 5 nitrogen and oxygen atoms in total. The fraction of sp³-hybridized carbons (Fsp3) is 0.611. The maximum atomic E-state index is 13.0. The molecule has 2 fully saturated rings. The fourth-order valence-corrected chi connectivity index (χ4v) is 3.51. The lowest BCUT2D eigenvalue weighted by molar-refractivity contribution is 0.213. The largest absolute Gasteiger partial charge is 0.371 e. The lowest BCUT2D eigenvalue weighted by Gasteiger charge is -2.29. The third-order valence-electron chi connectivity index (χ3n) is 5.08. The zero-order valence-corrected chi connectivity index (χ0v) is 14.3. The molecule has 0 saturated carbocycles. The van der Waals surface area contributed by atoms with Crippen molar-refractivity contribution in [1.29, 1.82) is 0 Å². The van der Waals surface area contributed by atoms with E-state index in [1.54, 1.807) is 0 Å². The molecule has 2 saturated heterocycles. The Morgan fingerprint density at radius 3 is 2.58 bits per heavy atom. The van der Waals surface area contributed by atoms with Gasteiger partial charge >= 0.3 is 6.03 Å². The summed E-state index contributed by atoms with van der Waals surface area (Å²) in [5.74, 6) is 0.236. The molecule has 2 N–H and O–H groups in total. The molecule has 2 aliphatic heterocycles. The van der Waals surface area contributed by atoms with Gasteiger partial charge in [0.1, 0.15) is 5.82 Å². The van der Waals surface area contributed by atoms with E-state index in [0.717, 1.165) is 51.1 Å². The number of nitrogens with zero attached hydrogens (tertiary/aromatic N) is 2. The van der Waals surface area contributed by atoms with Crippen LogP contribution in [0.2, 0.25) is 0 Å². The fourth-order valence-electron chi connectivity index (χ4n) is 3.51. The number of carbonyl (C=O) groups excluding carboxylic acids is 1. The molecule has 6 heteroatoms. The first-order valence-electron chi connectivity index (χ1n) is 8.83. The lowest BCUT2D eigenvalue weighted by Crippen LogP contribution is -2.48. The number of anilines is 1. The van der Waals surface area contributed by atoms with Crippen molar-refractivity contribution in [1.82, 2.24) is 15.5 Å². The van der Waals surface area contributed by atoms with Crippen LogP contribution in [0.3, 0.4) is 0 Å². The molecule has 1 aromatic rings. The van der Waals surface area contributed by atoms with Crippen LogP contribution in [0.15, 0.2) is 24.3 Å². The second-order valence-corrected chi connectivity index (χ2v) is 7.01. The number of likely N-dealkylation sites (tertiary alicyclic amines) is 1. The summed E-state index contributed by atoms with van der Waals surface area (Å²) in [5, 5.41) is 6.09. The topological polar surface area (TPSA) is 47.6 Å².